The number of hydrogen-bond acceptors (Lipinski definition) is 7. The highest BCUT2D eigenvalue weighted by Gasteiger charge is 2.38. The third kappa shape index (κ3) is 23.1. The van der Waals surface area contributed by atoms with Gasteiger partial charge in [0.25, 0.3) is 0 Å². The Balaban J connectivity index is 2.02. The molecule has 47 heavy (non-hydrogen) atoms. The van der Waals surface area contributed by atoms with Crippen molar-refractivity contribution in [3.8, 4) is 0 Å². The first kappa shape index (κ1) is 44.1. The first-order valence-electron chi connectivity index (χ1n) is 19.9. The number of urea groups is 1. The minimum atomic E-state index is -1.30. The van der Waals surface area contributed by atoms with Crippen molar-refractivity contribution in [3.63, 3.8) is 0 Å². The second-order valence-corrected chi connectivity index (χ2v) is 14.3. The highest BCUT2D eigenvalue weighted by molar-refractivity contribution is 5.74. The molecule has 7 unspecified atom stereocenters. The van der Waals surface area contributed by atoms with Gasteiger partial charge < -0.3 is 40.9 Å². The van der Waals surface area contributed by atoms with Crippen LogP contribution in [0, 0.1) is 0 Å². The number of hydrogen-bond donors (Lipinski definition) is 7. The van der Waals surface area contributed by atoms with E-state index in [0.717, 1.165) is 19.3 Å². The predicted molar refractivity (Wildman–Crippen MR) is 191 cm³/mol. The molecule has 0 aromatic rings. The van der Waals surface area contributed by atoms with E-state index >= 15 is 0 Å². The van der Waals surface area contributed by atoms with Crippen LogP contribution in [-0.2, 0) is 4.74 Å². The van der Waals surface area contributed by atoms with E-state index in [1.54, 1.807) is 0 Å². The largest absolute Gasteiger partial charge is 0.393 e. The molecule has 2 amide bonds. The van der Waals surface area contributed by atoms with Crippen molar-refractivity contribution in [1.82, 2.24) is 10.6 Å². The van der Waals surface area contributed by atoms with Crippen molar-refractivity contribution in [2.24, 2.45) is 0 Å². The summed E-state index contributed by atoms with van der Waals surface area (Å²) in [6.45, 7) is 4.55. The van der Waals surface area contributed by atoms with Crippen LogP contribution in [0.15, 0.2) is 0 Å². The molecule has 0 aliphatic heterocycles. The number of carbonyl (C=O) groups is 1. The van der Waals surface area contributed by atoms with Gasteiger partial charge in [0.2, 0.25) is 0 Å². The molecule has 1 rings (SSSR count). The van der Waals surface area contributed by atoms with Crippen molar-refractivity contribution in [3.05, 3.63) is 0 Å². The molecular formula is C38H76N2O7. The molecule has 7 atom stereocenters. The zero-order valence-electron chi connectivity index (χ0n) is 30.4. The summed E-state index contributed by atoms with van der Waals surface area (Å²) in [6, 6.07) is -1.20. The highest BCUT2D eigenvalue weighted by Crippen LogP contribution is 2.23. The van der Waals surface area contributed by atoms with Gasteiger partial charge in [0, 0.05) is 13.0 Å². The maximum Gasteiger partial charge on any atom is 0.315 e. The highest BCUT2D eigenvalue weighted by atomic mass is 16.5. The van der Waals surface area contributed by atoms with Gasteiger partial charge >= 0.3 is 6.03 Å². The van der Waals surface area contributed by atoms with Crippen molar-refractivity contribution in [2.75, 3.05) is 13.2 Å². The van der Waals surface area contributed by atoms with Gasteiger partial charge in [-0.3, -0.25) is 0 Å². The van der Waals surface area contributed by atoms with Crippen molar-refractivity contribution in [2.45, 2.75) is 223 Å². The number of aliphatic hydroxyl groups is 5. The molecule has 0 heterocycles. The summed E-state index contributed by atoms with van der Waals surface area (Å²) in [5.41, 5.74) is 0. The zero-order valence-corrected chi connectivity index (χ0v) is 30.4. The minimum absolute atomic E-state index is 0.0821. The topological polar surface area (TPSA) is 152 Å². The lowest BCUT2D eigenvalue weighted by Gasteiger charge is -2.36. The maximum absolute atomic E-state index is 12.6. The second-order valence-electron chi connectivity index (χ2n) is 14.3. The van der Waals surface area contributed by atoms with Crippen LogP contribution in [0.5, 0.6) is 0 Å². The standard InChI is InChI=1S/C38H76N2O7/c1-3-5-6-7-8-9-10-11-12-13-14-15-16-17-18-19-20-21-22-23-24-25-28-39-38(46)40-32(34(43)29-31(41)4-2)30-47-35-27-26-33(42)36(44)37(35)45/h31-37,41-45H,3-30H2,1-2H3,(H2,39,40,46). The molecule has 1 fully saturated rings. The molecule has 1 saturated carbocycles. The van der Waals surface area contributed by atoms with Gasteiger partial charge in [-0.2, -0.15) is 0 Å². The van der Waals surface area contributed by atoms with Crippen molar-refractivity contribution >= 4 is 6.03 Å². The third-order valence-corrected chi connectivity index (χ3v) is 9.94. The van der Waals surface area contributed by atoms with Crippen molar-refractivity contribution in [1.29, 1.82) is 0 Å². The molecule has 0 saturated heterocycles. The summed E-state index contributed by atoms with van der Waals surface area (Å²) in [5, 5.41) is 56.2. The molecule has 1 aliphatic rings. The zero-order chi connectivity index (χ0) is 34.5. The summed E-state index contributed by atoms with van der Waals surface area (Å²) in [4.78, 5) is 12.6. The third-order valence-electron chi connectivity index (χ3n) is 9.94. The second kappa shape index (κ2) is 29.9. The Bertz CT molecular complexity index is 716. The summed E-state index contributed by atoms with van der Waals surface area (Å²) in [5.74, 6) is 0. The van der Waals surface area contributed by atoms with E-state index in [-0.39, 0.29) is 19.4 Å². The normalized spacial score (nSPS) is 21.8. The first-order valence-corrected chi connectivity index (χ1v) is 19.9. The summed E-state index contributed by atoms with van der Waals surface area (Å²) >= 11 is 0. The van der Waals surface area contributed by atoms with Gasteiger partial charge in [-0.1, -0.05) is 149 Å². The van der Waals surface area contributed by atoms with E-state index in [0.29, 0.717) is 19.4 Å². The average molecular weight is 673 g/mol. The fourth-order valence-electron chi connectivity index (χ4n) is 6.55. The molecule has 9 nitrogen and oxygen atoms in total. The molecule has 0 aromatic heterocycles. The molecule has 280 valence electrons. The lowest BCUT2D eigenvalue weighted by Crippen LogP contribution is -2.54. The number of nitrogens with one attached hydrogen (secondary N) is 2. The van der Waals surface area contributed by atoms with E-state index in [2.05, 4.69) is 17.6 Å². The first-order chi connectivity index (χ1) is 22.8. The molecule has 1 aliphatic carbocycles. The Labute approximate surface area is 288 Å². The molecule has 7 N–H and O–H groups in total. The van der Waals surface area contributed by atoms with Gasteiger partial charge in [0.1, 0.15) is 12.2 Å². The summed E-state index contributed by atoms with van der Waals surface area (Å²) < 4.78 is 5.76. The van der Waals surface area contributed by atoms with Gasteiger partial charge in [-0.15, -0.1) is 0 Å². The molecule has 0 spiro atoms. The monoisotopic (exact) mass is 673 g/mol. The average Bonchev–Trinajstić information content (AvgIpc) is 3.06. The van der Waals surface area contributed by atoms with E-state index in [1.807, 2.05) is 6.92 Å². The van der Waals surface area contributed by atoms with Crippen LogP contribution in [0.25, 0.3) is 0 Å². The SMILES string of the molecule is CCCCCCCCCCCCCCCCCCCCCCCCNC(=O)NC(COC1CCC(O)C(O)C1O)C(O)CC(O)CC. The van der Waals surface area contributed by atoms with Crippen LogP contribution in [0.2, 0.25) is 0 Å². The molecule has 0 aromatic carbocycles. The van der Waals surface area contributed by atoms with Crippen LogP contribution in [-0.4, -0.2) is 87.4 Å². The quantitative estimate of drug-likeness (QED) is 0.0390. The molecule has 0 bridgehead atoms. The van der Waals surface area contributed by atoms with Gasteiger partial charge in [-0.25, -0.2) is 4.79 Å². The minimum Gasteiger partial charge on any atom is -0.393 e. The Hall–Kier alpha value is -0.970. The van der Waals surface area contributed by atoms with E-state index < -0.39 is 48.7 Å². The lowest BCUT2D eigenvalue weighted by atomic mass is 9.89. The number of rotatable bonds is 31. The number of unbranched alkanes of at least 4 members (excludes halogenated alkanes) is 21. The van der Waals surface area contributed by atoms with Gasteiger partial charge in [-0.05, 0) is 25.7 Å². The van der Waals surface area contributed by atoms with Gasteiger partial charge in [0.15, 0.2) is 0 Å². The Morgan fingerprint density at radius 1 is 0.660 bits per heavy atom. The fourth-order valence-corrected chi connectivity index (χ4v) is 6.55. The summed E-state index contributed by atoms with van der Waals surface area (Å²) in [6.07, 6.45) is 24.6. The van der Waals surface area contributed by atoms with Crippen molar-refractivity contribution < 1.29 is 35.1 Å². The van der Waals surface area contributed by atoms with Crippen LogP contribution >= 0.6 is 0 Å². The van der Waals surface area contributed by atoms with Crippen LogP contribution in [0.1, 0.15) is 181 Å². The Morgan fingerprint density at radius 2 is 1.11 bits per heavy atom. The summed E-state index contributed by atoms with van der Waals surface area (Å²) in [7, 11) is 0. The Morgan fingerprint density at radius 3 is 1.55 bits per heavy atom. The number of amides is 2. The lowest BCUT2D eigenvalue weighted by molar-refractivity contribution is -0.157. The van der Waals surface area contributed by atoms with E-state index in [4.69, 9.17) is 4.74 Å². The number of ether oxygens (including phenoxy) is 1. The number of aliphatic hydroxyl groups excluding tert-OH is 5. The fraction of sp³-hybridized carbons (Fsp3) is 0.974. The van der Waals surface area contributed by atoms with E-state index in [9.17, 15) is 30.3 Å². The number of carbonyl (C=O) groups excluding carboxylic acids is 1. The van der Waals surface area contributed by atoms with Crippen LogP contribution < -0.4 is 10.6 Å². The predicted octanol–water partition coefficient (Wildman–Crippen LogP) is 7.04. The smallest absolute Gasteiger partial charge is 0.315 e. The molecular weight excluding hydrogens is 596 g/mol. The van der Waals surface area contributed by atoms with E-state index in [1.165, 1.54) is 122 Å². The Kier molecular flexibility index (Phi) is 28.0. The maximum atomic E-state index is 12.6. The molecule has 9 heteroatoms. The van der Waals surface area contributed by atoms with Crippen LogP contribution in [0.3, 0.4) is 0 Å². The molecule has 0 radical (unpaired) electrons. The van der Waals surface area contributed by atoms with Gasteiger partial charge in [0.05, 0.1) is 37.1 Å². The van der Waals surface area contributed by atoms with Crippen LogP contribution in [0.4, 0.5) is 4.79 Å².